The highest BCUT2D eigenvalue weighted by Gasteiger charge is 2.28. The number of piperidine rings is 1. The van der Waals surface area contributed by atoms with E-state index in [1.807, 2.05) is 4.90 Å². The van der Waals surface area contributed by atoms with Crippen LogP contribution in [0.4, 0.5) is 24.7 Å². The van der Waals surface area contributed by atoms with Crippen molar-refractivity contribution >= 4 is 29.0 Å². The van der Waals surface area contributed by atoms with E-state index in [4.69, 9.17) is 11.6 Å². The van der Waals surface area contributed by atoms with E-state index < -0.39 is 29.3 Å². The molecule has 0 spiro atoms. The van der Waals surface area contributed by atoms with Crippen molar-refractivity contribution in [2.45, 2.75) is 12.8 Å². The summed E-state index contributed by atoms with van der Waals surface area (Å²) in [4.78, 5) is 14.2. The Hall–Kier alpha value is -2.35. The molecule has 1 saturated heterocycles. The van der Waals surface area contributed by atoms with Crippen LogP contribution in [-0.4, -0.2) is 29.2 Å². The summed E-state index contributed by atoms with van der Waals surface area (Å²) in [5.74, 6) is -4.65. The predicted molar refractivity (Wildman–Crippen MR) is 86.9 cm³/mol. The van der Waals surface area contributed by atoms with Gasteiger partial charge in [0.15, 0.2) is 28.4 Å². The second kappa shape index (κ2) is 7.26. The fourth-order valence-corrected chi connectivity index (χ4v) is 2.83. The largest absolute Gasteiger partial charge is 0.354 e. The topological polar surface area (TPSA) is 58.1 Å². The van der Waals surface area contributed by atoms with Crippen molar-refractivity contribution in [1.82, 2.24) is 10.2 Å². The molecular weight excluding hydrogens is 357 g/mol. The molecule has 2 aromatic rings. The standard InChI is InChI=1S/C16H14ClF3N4O/c17-12-5-6-13(23-22-12)24-7-1-2-9(8-24)16(25)21-11-4-3-10(18)14(19)15(11)20/h3-6,9H,1-2,7-8H2,(H,21,25)/t9-/m0/s1. The Kier molecular flexibility index (Phi) is 5.08. The number of amides is 1. The second-order valence-corrected chi connectivity index (χ2v) is 6.10. The van der Waals surface area contributed by atoms with Crippen LogP contribution in [-0.2, 0) is 4.79 Å². The maximum absolute atomic E-state index is 13.7. The lowest BCUT2D eigenvalue weighted by molar-refractivity contribution is -0.120. The molecule has 25 heavy (non-hydrogen) atoms. The Morgan fingerprint density at radius 1 is 1.16 bits per heavy atom. The molecule has 0 aliphatic carbocycles. The third-order valence-corrected chi connectivity index (χ3v) is 4.23. The van der Waals surface area contributed by atoms with E-state index in [1.165, 1.54) is 0 Å². The minimum absolute atomic E-state index is 0.267. The molecule has 1 aliphatic rings. The van der Waals surface area contributed by atoms with Gasteiger partial charge in [-0.15, -0.1) is 10.2 Å². The van der Waals surface area contributed by atoms with Gasteiger partial charge in [0.05, 0.1) is 11.6 Å². The molecule has 0 unspecified atom stereocenters. The van der Waals surface area contributed by atoms with Crippen LogP contribution in [0.1, 0.15) is 12.8 Å². The van der Waals surface area contributed by atoms with Crippen LogP contribution < -0.4 is 10.2 Å². The second-order valence-electron chi connectivity index (χ2n) is 5.71. The Morgan fingerprint density at radius 3 is 2.68 bits per heavy atom. The lowest BCUT2D eigenvalue weighted by Crippen LogP contribution is -2.41. The average molecular weight is 371 g/mol. The molecule has 1 aromatic heterocycles. The lowest BCUT2D eigenvalue weighted by Gasteiger charge is -2.32. The summed E-state index contributed by atoms with van der Waals surface area (Å²) in [5, 5.41) is 10.3. The number of rotatable bonds is 3. The quantitative estimate of drug-likeness (QED) is 0.841. The zero-order valence-corrected chi connectivity index (χ0v) is 13.7. The molecule has 1 fully saturated rings. The maximum atomic E-state index is 13.7. The summed E-state index contributed by atoms with van der Waals surface area (Å²) in [5.41, 5.74) is -0.382. The van der Waals surface area contributed by atoms with Gasteiger partial charge in [-0.2, -0.15) is 0 Å². The van der Waals surface area contributed by atoms with Crippen LogP contribution in [0, 0.1) is 23.4 Å². The highest BCUT2D eigenvalue weighted by Crippen LogP contribution is 2.25. The van der Waals surface area contributed by atoms with Crippen LogP contribution in [0.3, 0.4) is 0 Å². The number of benzene rings is 1. The number of hydrogen-bond donors (Lipinski definition) is 1. The molecule has 1 atom stereocenters. The van der Waals surface area contributed by atoms with E-state index >= 15 is 0 Å². The number of carbonyl (C=O) groups is 1. The number of hydrogen-bond acceptors (Lipinski definition) is 4. The van der Waals surface area contributed by atoms with Crippen LogP contribution in [0.15, 0.2) is 24.3 Å². The van der Waals surface area contributed by atoms with E-state index in [2.05, 4.69) is 15.5 Å². The molecule has 9 heteroatoms. The molecule has 1 amide bonds. The molecule has 2 heterocycles. The number of nitrogens with zero attached hydrogens (tertiary/aromatic N) is 3. The average Bonchev–Trinajstić information content (AvgIpc) is 2.63. The van der Waals surface area contributed by atoms with E-state index in [0.717, 1.165) is 18.6 Å². The summed E-state index contributed by atoms with van der Waals surface area (Å²) >= 11 is 5.71. The van der Waals surface area contributed by atoms with Gasteiger partial charge in [0.2, 0.25) is 5.91 Å². The van der Waals surface area contributed by atoms with Crippen molar-refractivity contribution < 1.29 is 18.0 Å². The Morgan fingerprint density at radius 2 is 1.96 bits per heavy atom. The molecule has 1 aliphatic heterocycles. The van der Waals surface area contributed by atoms with E-state index in [9.17, 15) is 18.0 Å². The van der Waals surface area contributed by atoms with Gasteiger partial charge in [-0.3, -0.25) is 4.79 Å². The number of halogens is 4. The third kappa shape index (κ3) is 3.84. The number of aromatic nitrogens is 2. The first-order chi connectivity index (χ1) is 12.0. The normalized spacial score (nSPS) is 17.4. The molecule has 5 nitrogen and oxygen atoms in total. The lowest BCUT2D eigenvalue weighted by atomic mass is 9.97. The summed E-state index contributed by atoms with van der Waals surface area (Å²) in [6.45, 7) is 1.05. The van der Waals surface area contributed by atoms with Crippen molar-refractivity contribution in [3.8, 4) is 0 Å². The smallest absolute Gasteiger partial charge is 0.229 e. The maximum Gasteiger partial charge on any atom is 0.229 e. The summed E-state index contributed by atoms with van der Waals surface area (Å²) in [6, 6.07) is 5.07. The van der Waals surface area contributed by atoms with Gasteiger partial charge in [-0.1, -0.05) is 11.6 Å². The van der Waals surface area contributed by atoms with Gasteiger partial charge in [0.1, 0.15) is 0 Å². The Balaban J connectivity index is 1.70. The Bertz CT molecular complexity index is 788. The van der Waals surface area contributed by atoms with Gasteiger partial charge < -0.3 is 10.2 Å². The first-order valence-electron chi connectivity index (χ1n) is 7.64. The zero-order valence-electron chi connectivity index (χ0n) is 13.0. The van der Waals surface area contributed by atoms with Crippen LogP contribution >= 0.6 is 11.6 Å². The van der Waals surface area contributed by atoms with Crippen LogP contribution in [0.2, 0.25) is 5.15 Å². The van der Waals surface area contributed by atoms with Crippen LogP contribution in [0.5, 0.6) is 0 Å². The monoisotopic (exact) mass is 370 g/mol. The highest BCUT2D eigenvalue weighted by molar-refractivity contribution is 6.29. The van der Waals surface area contributed by atoms with Crippen molar-refractivity contribution in [3.05, 3.63) is 46.9 Å². The van der Waals surface area contributed by atoms with Gasteiger partial charge in [-0.05, 0) is 37.1 Å². The van der Waals surface area contributed by atoms with Crippen LogP contribution in [0.25, 0.3) is 0 Å². The molecule has 1 aromatic carbocycles. The fraction of sp³-hybridized carbons (Fsp3) is 0.312. The van der Waals surface area contributed by atoms with Crippen molar-refractivity contribution in [1.29, 1.82) is 0 Å². The molecular formula is C16H14ClF3N4O. The molecule has 3 rings (SSSR count). The van der Waals surface area contributed by atoms with E-state index in [0.29, 0.717) is 25.3 Å². The summed E-state index contributed by atoms with van der Waals surface area (Å²) < 4.78 is 39.9. The van der Waals surface area contributed by atoms with Crippen molar-refractivity contribution in [2.75, 3.05) is 23.3 Å². The van der Waals surface area contributed by atoms with Crippen molar-refractivity contribution in [3.63, 3.8) is 0 Å². The zero-order chi connectivity index (χ0) is 18.0. The molecule has 0 radical (unpaired) electrons. The van der Waals surface area contributed by atoms with E-state index in [-0.39, 0.29) is 10.8 Å². The first kappa shape index (κ1) is 17.5. The molecule has 1 N–H and O–H groups in total. The molecule has 132 valence electrons. The van der Waals surface area contributed by atoms with Gasteiger partial charge in [0.25, 0.3) is 0 Å². The number of nitrogens with one attached hydrogen (secondary N) is 1. The number of carbonyl (C=O) groups excluding carboxylic acids is 1. The highest BCUT2D eigenvalue weighted by atomic mass is 35.5. The number of anilines is 2. The predicted octanol–water partition coefficient (Wildman–Crippen LogP) is 3.40. The molecule has 0 saturated carbocycles. The minimum atomic E-state index is -1.61. The molecule has 0 bridgehead atoms. The Labute approximate surface area is 146 Å². The van der Waals surface area contributed by atoms with Gasteiger partial charge in [-0.25, -0.2) is 13.2 Å². The van der Waals surface area contributed by atoms with Gasteiger partial charge in [0, 0.05) is 13.1 Å². The fourth-order valence-electron chi connectivity index (χ4n) is 2.73. The van der Waals surface area contributed by atoms with Gasteiger partial charge >= 0.3 is 0 Å². The van der Waals surface area contributed by atoms with Crippen molar-refractivity contribution in [2.24, 2.45) is 5.92 Å². The first-order valence-corrected chi connectivity index (χ1v) is 8.02. The summed E-state index contributed by atoms with van der Waals surface area (Å²) in [7, 11) is 0. The third-order valence-electron chi connectivity index (χ3n) is 4.03. The summed E-state index contributed by atoms with van der Waals surface area (Å²) in [6.07, 6.45) is 1.32. The van der Waals surface area contributed by atoms with E-state index in [1.54, 1.807) is 12.1 Å². The SMILES string of the molecule is O=C(Nc1ccc(F)c(F)c1F)[C@H]1CCCN(c2ccc(Cl)nn2)C1. The minimum Gasteiger partial charge on any atom is -0.354 e.